The number of hydrogen-bond acceptors (Lipinski definition) is 4. The molecular weight excluding hydrogens is 298 g/mol. The van der Waals surface area contributed by atoms with Gasteiger partial charge < -0.3 is 9.64 Å². The van der Waals surface area contributed by atoms with Crippen molar-refractivity contribution in [2.24, 2.45) is 0 Å². The van der Waals surface area contributed by atoms with E-state index in [2.05, 4.69) is 5.10 Å². The maximum absolute atomic E-state index is 12.4. The van der Waals surface area contributed by atoms with Crippen molar-refractivity contribution in [3.05, 3.63) is 46.4 Å². The molecule has 3 rings (SSSR count). The molecule has 0 fully saturated rings. The predicted molar refractivity (Wildman–Crippen MR) is 86.5 cm³/mol. The van der Waals surface area contributed by atoms with Crippen molar-refractivity contribution in [3.8, 4) is 0 Å². The van der Waals surface area contributed by atoms with Gasteiger partial charge in [-0.2, -0.15) is 5.10 Å². The first-order chi connectivity index (χ1) is 10.8. The van der Waals surface area contributed by atoms with Crippen LogP contribution in [0.4, 0.5) is 0 Å². The predicted octanol–water partition coefficient (Wildman–Crippen LogP) is 2.58. The lowest BCUT2D eigenvalue weighted by Gasteiger charge is -2.33. The topological polar surface area (TPSA) is 47.4 Å². The molecule has 0 spiro atoms. The first kappa shape index (κ1) is 15.0. The molecule has 22 heavy (non-hydrogen) atoms. The second-order valence-electron chi connectivity index (χ2n) is 5.27. The van der Waals surface area contributed by atoms with E-state index >= 15 is 0 Å². The van der Waals surface area contributed by atoms with E-state index in [0.29, 0.717) is 19.7 Å². The molecule has 3 heterocycles. The minimum atomic E-state index is 0.0447. The van der Waals surface area contributed by atoms with Crippen LogP contribution in [0.15, 0.2) is 35.9 Å². The first-order valence-electron chi connectivity index (χ1n) is 7.30. The molecule has 1 atom stereocenters. The lowest BCUT2D eigenvalue weighted by molar-refractivity contribution is -0.128. The van der Waals surface area contributed by atoms with Gasteiger partial charge in [0.2, 0.25) is 5.91 Å². The number of fused-ring (bicyclic) bond motifs is 1. The van der Waals surface area contributed by atoms with Crippen molar-refractivity contribution in [2.45, 2.75) is 19.0 Å². The van der Waals surface area contributed by atoms with Gasteiger partial charge in [0.05, 0.1) is 18.3 Å². The summed E-state index contributed by atoms with van der Waals surface area (Å²) in [5.41, 5.74) is 1.07. The summed E-state index contributed by atoms with van der Waals surface area (Å²) in [5, 5.41) is 6.38. The zero-order chi connectivity index (χ0) is 15.4. The molecule has 116 valence electrons. The van der Waals surface area contributed by atoms with Crippen molar-refractivity contribution in [3.63, 3.8) is 0 Å². The van der Waals surface area contributed by atoms with E-state index < -0.39 is 0 Å². The highest BCUT2D eigenvalue weighted by atomic mass is 32.1. The van der Waals surface area contributed by atoms with E-state index in [1.165, 1.54) is 0 Å². The number of hydrogen-bond donors (Lipinski definition) is 0. The Morgan fingerprint density at radius 3 is 3.23 bits per heavy atom. The highest BCUT2D eigenvalue weighted by Crippen LogP contribution is 2.23. The van der Waals surface area contributed by atoms with E-state index in [4.69, 9.17) is 4.74 Å². The Morgan fingerprint density at radius 2 is 2.45 bits per heavy atom. The van der Waals surface area contributed by atoms with Gasteiger partial charge in [-0.1, -0.05) is 6.07 Å². The zero-order valence-electron chi connectivity index (χ0n) is 12.5. The Balaban J connectivity index is 1.71. The quantitative estimate of drug-likeness (QED) is 0.796. The van der Waals surface area contributed by atoms with Crippen LogP contribution in [0.25, 0.3) is 6.08 Å². The fourth-order valence-corrected chi connectivity index (χ4v) is 3.29. The molecule has 1 aliphatic rings. The van der Waals surface area contributed by atoms with Crippen LogP contribution in [0.1, 0.15) is 23.0 Å². The van der Waals surface area contributed by atoms with E-state index in [-0.39, 0.29) is 11.9 Å². The van der Waals surface area contributed by atoms with Gasteiger partial charge in [0.1, 0.15) is 0 Å². The van der Waals surface area contributed by atoms with Crippen LogP contribution < -0.4 is 0 Å². The second kappa shape index (κ2) is 6.89. The Bertz CT molecular complexity index is 648. The van der Waals surface area contributed by atoms with Gasteiger partial charge in [0.15, 0.2) is 0 Å². The molecule has 1 amide bonds. The molecule has 0 aromatic carbocycles. The summed E-state index contributed by atoms with van der Waals surface area (Å²) >= 11 is 1.62. The summed E-state index contributed by atoms with van der Waals surface area (Å²) in [6, 6.07) is 6.14. The van der Waals surface area contributed by atoms with E-state index in [1.807, 2.05) is 39.2 Å². The van der Waals surface area contributed by atoms with Crippen LogP contribution in [0, 0.1) is 0 Å². The number of ether oxygens (including phenoxy) is 1. The maximum Gasteiger partial charge on any atom is 0.247 e. The number of aromatic nitrogens is 2. The summed E-state index contributed by atoms with van der Waals surface area (Å²) in [6.45, 7) is 1.94. The van der Waals surface area contributed by atoms with E-state index in [9.17, 15) is 4.79 Å². The molecule has 2 aromatic heterocycles. The van der Waals surface area contributed by atoms with Gasteiger partial charge >= 0.3 is 0 Å². The molecule has 6 heteroatoms. The highest BCUT2D eigenvalue weighted by molar-refractivity contribution is 7.10. The number of thiophene rings is 1. The third-order valence-corrected chi connectivity index (χ3v) is 4.62. The fourth-order valence-electron chi connectivity index (χ4n) is 2.67. The smallest absolute Gasteiger partial charge is 0.247 e. The number of carbonyl (C=O) groups is 1. The fraction of sp³-hybridized carbons (Fsp3) is 0.375. The molecule has 0 bridgehead atoms. The van der Waals surface area contributed by atoms with Crippen LogP contribution in [-0.4, -0.2) is 40.8 Å². The average molecular weight is 317 g/mol. The Kier molecular flexibility index (Phi) is 4.70. The Hall–Kier alpha value is -1.92. The number of amides is 1. The Morgan fingerprint density at radius 1 is 1.55 bits per heavy atom. The third kappa shape index (κ3) is 3.28. The third-order valence-electron chi connectivity index (χ3n) is 3.78. The first-order valence-corrected chi connectivity index (χ1v) is 8.17. The van der Waals surface area contributed by atoms with Crippen LogP contribution in [-0.2, 0) is 16.1 Å². The molecule has 0 N–H and O–H groups in total. The lowest BCUT2D eigenvalue weighted by Crippen LogP contribution is -2.40. The van der Waals surface area contributed by atoms with Crippen molar-refractivity contribution in [1.29, 1.82) is 0 Å². The summed E-state index contributed by atoms with van der Waals surface area (Å²) in [7, 11) is 1.69. The number of nitrogens with zero attached hydrogens (tertiary/aromatic N) is 3. The van der Waals surface area contributed by atoms with E-state index in [1.54, 1.807) is 30.7 Å². The van der Waals surface area contributed by atoms with Crippen LogP contribution >= 0.6 is 11.3 Å². The molecule has 0 saturated carbocycles. The Labute approximate surface area is 133 Å². The van der Waals surface area contributed by atoms with Crippen LogP contribution in [0.3, 0.4) is 0 Å². The largest absolute Gasteiger partial charge is 0.385 e. The second-order valence-corrected chi connectivity index (χ2v) is 6.25. The SMILES string of the molecule is COCC[C@@H]1CN(C(=O)/C=C/c2cccs2)Cc2ccnn21. The van der Waals surface area contributed by atoms with Gasteiger partial charge in [0.25, 0.3) is 0 Å². The molecule has 0 unspecified atom stereocenters. The molecule has 0 saturated heterocycles. The number of carbonyl (C=O) groups excluding carboxylic acids is 1. The number of rotatable bonds is 5. The molecule has 2 aromatic rings. The number of methoxy groups -OCH3 is 1. The van der Waals surface area contributed by atoms with E-state index in [0.717, 1.165) is 17.0 Å². The van der Waals surface area contributed by atoms with Gasteiger partial charge in [-0.3, -0.25) is 9.48 Å². The van der Waals surface area contributed by atoms with Crippen molar-refractivity contribution in [1.82, 2.24) is 14.7 Å². The van der Waals surface area contributed by atoms with Gasteiger partial charge in [-0.05, 0) is 30.0 Å². The van der Waals surface area contributed by atoms with Gasteiger partial charge in [-0.25, -0.2) is 0 Å². The molecular formula is C16H19N3O2S. The summed E-state index contributed by atoms with van der Waals surface area (Å²) in [6.07, 6.45) is 6.18. The van der Waals surface area contributed by atoms with Crippen molar-refractivity contribution < 1.29 is 9.53 Å². The molecule has 0 radical (unpaired) electrons. The van der Waals surface area contributed by atoms with Gasteiger partial charge in [0, 0.05) is 37.4 Å². The van der Waals surface area contributed by atoms with Crippen LogP contribution in [0.2, 0.25) is 0 Å². The molecule has 5 nitrogen and oxygen atoms in total. The summed E-state index contributed by atoms with van der Waals surface area (Å²) in [4.78, 5) is 15.4. The monoisotopic (exact) mass is 317 g/mol. The normalized spacial score (nSPS) is 17.9. The minimum absolute atomic E-state index is 0.0447. The van der Waals surface area contributed by atoms with Crippen molar-refractivity contribution in [2.75, 3.05) is 20.3 Å². The molecule has 0 aliphatic carbocycles. The average Bonchev–Trinajstić information content (AvgIpc) is 3.20. The summed E-state index contributed by atoms with van der Waals surface area (Å²) in [5.74, 6) is 0.0447. The van der Waals surface area contributed by atoms with Gasteiger partial charge in [-0.15, -0.1) is 11.3 Å². The zero-order valence-corrected chi connectivity index (χ0v) is 13.3. The summed E-state index contributed by atoms with van der Waals surface area (Å²) < 4.78 is 7.19. The maximum atomic E-state index is 12.4. The lowest BCUT2D eigenvalue weighted by atomic mass is 10.1. The standard InChI is InChI=1S/C16H19N3O2S/c1-21-9-7-14-12-18(11-13-6-8-17-19(13)14)16(20)5-4-15-3-2-10-22-15/h2-6,8,10,14H,7,9,11-12H2,1H3/b5-4+/t14-/m1/s1. The molecule has 1 aliphatic heterocycles. The van der Waals surface area contributed by atoms with Crippen molar-refractivity contribution >= 4 is 23.3 Å². The minimum Gasteiger partial charge on any atom is -0.385 e. The highest BCUT2D eigenvalue weighted by Gasteiger charge is 2.27. The van der Waals surface area contributed by atoms with Crippen LogP contribution in [0.5, 0.6) is 0 Å².